The predicted octanol–water partition coefficient (Wildman–Crippen LogP) is 1.40. The summed E-state index contributed by atoms with van der Waals surface area (Å²) in [6.45, 7) is 0.338. The number of carbonyl (C=O) groups excluding carboxylic acids is 1. The Morgan fingerprint density at radius 2 is 2.33 bits per heavy atom. The van der Waals surface area contributed by atoms with E-state index in [-0.39, 0.29) is 24.6 Å². The first-order valence-electron chi connectivity index (χ1n) is 4.60. The van der Waals surface area contributed by atoms with E-state index < -0.39 is 0 Å². The maximum Gasteiger partial charge on any atom is 0.224 e. The molecule has 0 aromatic heterocycles. The van der Waals surface area contributed by atoms with E-state index in [0.29, 0.717) is 12.1 Å². The summed E-state index contributed by atoms with van der Waals surface area (Å²) < 4.78 is 12.7. The Hall–Kier alpha value is -1.89. The van der Waals surface area contributed by atoms with Crippen molar-refractivity contribution >= 4 is 5.91 Å². The minimum absolute atomic E-state index is 0.142. The smallest absolute Gasteiger partial charge is 0.224 e. The summed E-state index contributed by atoms with van der Waals surface area (Å²) in [6, 6.07) is 7.83. The van der Waals surface area contributed by atoms with Crippen LogP contribution in [0.5, 0.6) is 0 Å². The van der Waals surface area contributed by atoms with Crippen molar-refractivity contribution in [2.24, 2.45) is 0 Å². The number of nitrogens with zero attached hydrogens (tertiary/aromatic N) is 1. The van der Waals surface area contributed by atoms with E-state index in [0.717, 1.165) is 0 Å². The van der Waals surface area contributed by atoms with Crippen molar-refractivity contribution < 1.29 is 9.18 Å². The van der Waals surface area contributed by atoms with Gasteiger partial charge < -0.3 is 5.32 Å². The molecule has 1 aromatic carbocycles. The first-order valence-corrected chi connectivity index (χ1v) is 4.60. The van der Waals surface area contributed by atoms with Gasteiger partial charge in [-0.05, 0) is 17.7 Å². The number of hydrogen-bond donors (Lipinski definition) is 1. The Labute approximate surface area is 87.5 Å². The largest absolute Gasteiger partial charge is 0.355 e. The van der Waals surface area contributed by atoms with E-state index in [1.165, 1.54) is 12.1 Å². The predicted molar refractivity (Wildman–Crippen MR) is 53.3 cm³/mol. The van der Waals surface area contributed by atoms with Gasteiger partial charge in [0.05, 0.1) is 18.9 Å². The lowest BCUT2D eigenvalue weighted by atomic mass is 10.1. The summed E-state index contributed by atoms with van der Waals surface area (Å²) >= 11 is 0. The van der Waals surface area contributed by atoms with Crippen LogP contribution >= 0.6 is 0 Å². The van der Waals surface area contributed by atoms with Crippen LogP contribution in [0.25, 0.3) is 0 Å². The van der Waals surface area contributed by atoms with Gasteiger partial charge in [-0.15, -0.1) is 0 Å². The molecule has 3 nitrogen and oxygen atoms in total. The van der Waals surface area contributed by atoms with Gasteiger partial charge in [-0.1, -0.05) is 12.1 Å². The first-order chi connectivity index (χ1) is 7.22. The standard InChI is InChI=1S/C11H11FN2O/c12-10-4-1-3-9(7-10)8-11(15)14-6-2-5-13/h1,3-4,7H,2,6,8H2,(H,14,15). The number of hydrogen-bond acceptors (Lipinski definition) is 2. The maximum absolute atomic E-state index is 12.7. The molecule has 0 saturated carbocycles. The third-order valence-electron chi connectivity index (χ3n) is 1.81. The number of benzene rings is 1. The highest BCUT2D eigenvalue weighted by molar-refractivity contribution is 5.78. The van der Waals surface area contributed by atoms with Gasteiger partial charge in [-0.3, -0.25) is 4.79 Å². The summed E-state index contributed by atoms with van der Waals surface area (Å²) in [5, 5.41) is 10.8. The Kier molecular flexibility index (Phi) is 4.30. The molecule has 0 aliphatic heterocycles. The van der Waals surface area contributed by atoms with E-state index in [1.54, 1.807) is 12.1 Å². The van der Waals surface area contributed by atoms with E-state index >= 15 is 0 Å². The molecule has 0 radical (unpaired) electrons. The number of nitrogens with one attached hydrogen (secondary N) is 1. The Bertz CT molecular complexity index is 384. The topological polar surface area (TPSA) is 52.9 Å². The molecule has 0 heterocycles. The van der Waals surface area contributed by atoms with E-state index in [1.807, 2.05) is 6.07 Å². The van der Waals surface area contributed by atoms with Crippen LogP contribution in [0, 0.1) is 17.1 Å². The molecule has 0 aliphatic carbocycles. The second-order valence-corrected chi connectivity index (χ2v) is 3.06. The van der Waals surface area contributed by atoms with Crippen molar-refractivity contribution in [2.45, 2.75) is 12.8 Å². The summed E-state index contributed by atoms with van der Waals surface area (Å²) in [7, 11) is 0. The maximum atomic E-state index is 12.7. The van der Waals surface area contributed by atoms with Gasteiger partial charge in [-0.2, -0.15) is 5.26 Å². The molecule has 0 bridgehead atoms. The summed E-state index contributed by atoms with van der Waals surface area (Å²) in [5.41, 5.74) is 0.629. The number of rotatable bonds is 4. The van der Waals surface area contributed by atoms with Crippen LogP contribution in [-0.2, 0) is 11.2 Å². The molecular weight excluding hydrogens is 195 g/mol. The Morgan fingerprint density at radius 1 is 1.53 bits per heavy atom. The highest BCUT2D eigenvalue weighted by Gasteiger charge is 2.02. The Morgan fingerprint density at radius 3 is 3.00 bits per heavy atom. The van der Waals surface area contributed by atoms with Crippen molar-refractivity contribution in [2.75, 3.05) is 6.54 Å². The van der Waals surface area contributed by atoms with Gasteiger partial charge in [0.2, 0.25) is 5.91 Å². The highest BCUT2D eigenvalue weighted by Crippen LogP contribution is 2.03. The number of nitriles is 1. The van der Waals surface area contributed by atoms with E-state index in [9.17, 15) is 9.18 Å². The average molecular weight is 206 g/mol. The van der Waals surface area contributed by atoms with Crippen LogP contribution in [0.4, 0.5) is 4.39 Å². The average Bonchev–Trinajstić information content (AvgIpc) is 2.18. The molecule has 0 aliphatic rings. The van der Waals surface area contributed by atoms with Crippen molar-refractivity contribution in [1.29, 1.82) is 5.26 Å². The van der Waals surface area contributed by atoms with Crippen LogP contribution in [0.15, 0.2) is 24.3 Å². The number of halogens is 1. The minimum atomic E-state index is -0.350. The lowest BCUT2D eigenvalue weighted by molar-refractivity contribution is -0.120. The monoisotopic (exact) mass is 206 g/mol. The molecule has 1 rings (SSSR count). The van der Waals surface area contributed by atoms with Gasteiger partial charge in [0.1, 0.15) is 5.82 Å². The zero-order chi connectivity index (χ0) is 11.1. The fourth-order valence-electron chi connectivity index (χ4n) is 1.15. The van der Waals surface area contributed by atoms with Crippen molar-refractivity contribution in [3.05, 3.63) is 35.6 Å². The molecular formula is C11H11FN2O. The molecule has 1 N–H and O–H groups in total. The molecule has 78 valence electrons. The molecule has 0 saturated heterocycles. The fraction of sp³-hybridized carbons (Fsp3) is 0.273. The third-order valence-corrected chi connectivity index (χ3v) is 1.81. The number of carbonyl (C=O) groups is 1. The molecule has 4 heteroatoms. The summed E-state index contributed by atoms with van der Waals surface area (Å²) in [5.74, 6) is -0.548. The van der Waals surface area contributed by atoms with Crippen molar-refractivity contribution in [3.63, 3.8) is 0 Å². The number of amides is 1. The first kappa shape index (κ1) is 11.2. The van der Waals surface area contributed by atoms with Crippen LogP contribution in [0.2, 0.25) is 0 Å². The van der Waals surface area contributed by atoms with Gasteiger partial charge in [0.25, 0.3) is 0 Å². The fourth-order valence-corrected chi connectivity index (χ4v) is 1.15. The molecule has 0 spiro atoms. The lowest BCUT2D eigenvalue weighted by Crippen LogP contribution is -2.25. The lowest BCUT2D eigenvalue weighted by Gasteiger charge is -2.02. The Balaban J connectivity index is 2.42. The molecule has 0 atom stereocenters. The normalized spacial score (nSPS) is 9.33. The van der Waals surface area contributed by atoms with Gasteiger partial charge in [-0.25, -0.2) is 4.39 Å². The van der Waals surface area contributed by atoms with E-state index in [2.05, 4.69) is 5.32 Å². The van der Waals surface area contributed by atoms with Gasteiger partial charge >= 0.3 is 0 Å². The van der Waals surface area contributed by atoms with Crippen LogP contribution < -0.4 is 5.32 Å². The van der Waals surface area contributed by atoms with E-state index in [4.69, 9.17) is 5.26 Å². The molecule has 0 fully saturated rings. The second kappa shape index (κ2) is 5.76. The zero-order valence-electron chi connectivity index (χ0n) is 8.16. The summed E-state index contributed by atoms with van der Waals surface area (Å²) in [4.78, 5) is 11.3. The highest BCUT2D eigenvalue weighted by atomic mass is 19.1. The van der Waals surface area contributed by atoms with Gasteiger partial charge in [0.15, 0.2) is 0 Å². The van der Waals surface area contributed by atoms with Gasteiger partial charge in [0, 0.05) is 6.54 Å². The zero-order valence-corrected chi connectivity index (χ0v) is 8.16. The van der Waals surface area contributed by atoms with Crippen molar-refractivity contribution in [3.8, 4) is 6.07 Å². The minimum Gasteiger partial charge on any atom is -0.355 e. The molecule has 0 unspecified atom stereocenters. The quantitative estimate of drug-likeness (QED) is 0.757. The van der Waals surface area contributed by atoms with Crippen molar-refractivity contribution in [1.82, 2.24) is 5.32 Å². The summed E-state index contributed by atoms with van der Waals surface area (Å²) in [6.07, 6.45) is 0.429. The van der Waals surface area contributed by atoms with Crippen LogP contribution in [-0.4, -0.2) is 12.5 Å². The molecule has 15 heavy (non-hydrogen) atoms. The van der Waals surface area contributed by atoms with Crippen LogP contribution in [0.3, 0.4) is 0 Å². The third kappa shape index (κ3) is 4.23. The van der Waals surface area contributed by atoms with Crippen LogP contribution in [0.1, 0.15) is 12.0 Å². The molecule has 1 aromatic rings. The second-order valence-electron chi connectivity index (χ2n) is 3.06. The molecule has 1 amide bonds. The SMILES string of the molecule is N#CCCNC(=O)Cc1cccc(F)c1.